The predicted molar refractivity (Wildman–Crippen MR) is 59.7 cm³/mol. The van der Waals surface area contributed by atoms with E-state index in [1.165, 1.54) is 11.3 Å². The number of rotatable bonds is 2. The zero-order valence-corrected chi connectivity index (χ0v) is 9.91. The Labute approximate surface area is 98.3 Å². The number of nitrogens with zero attached hydrogens (tertiary/aromatic N) is 3. The number of halogens is 1. The maximum Gasteiger partial charge on any atom is 0.277 e. The van der Waals surface area contributed by atoms with Crippen molar-refractivity contribution in [3.63, 3.8) is 0 Å². The van der Waals surface area contributed by atoms with Crippen LogP contribution >= 0.6 is 34.5 Å². The first kappa shape index (κ1) is 10.5. The lowest BCUT2D eigenvalue weighted by Crippen LogP contribution is -2.11. The monoisotopic (exact) mass is 260 g/mol. The molecule has 0 spiro atoms. The van der Waals surface area contributed by atoms with Gasteiger partial charge in [-0.25, -0.2) is 9.97 Å². The maximum absolute atomic E-state index is 11.5. The summed E-state index contributed by atoms with van der Waals surface area (Å²) in [5.41, 5.74) is 0.290. The first-order chi connectivity index (χ1) is 7.15. The molecule has 0 aliphatic rings. The molecule has 0 saturated heterocycles. The summed E-state index contributed by atoms with van der Waals surface area (Å²) in [7, 11) is 0. The van der Waals surface area contributed by atoms with Crippen LogP contribution in [0.1, 0.15) is 16.3 Å². The van der Waals surface area contributed by atoms with E-state index in [0.717, 1.165) is 11.5 Å². The van der Waals surface area contributed by atoms with E-state index >= 15 is 0 Å². The first-order valence-electron chi connectivity index (χ1n) is 3.88. The zero-order valence-electron chi connectivity index (χ0n) is 7.52. The molecule has 0 fully saturated rings. The number of carbonyl (C=O) groups is 1. The highest BCUT2D eigenvalue weighted by Crippen LogP contribution is 2.17. The number of hydrogen-bond donors (Lipinski definition) is 1. The van der Waals surface area contributed by atoms with Crippen LogP contribution in [-0.2, 0) is 0 Å². The van der Waals surface area contributed by atoms with Gasteiger partial charge in [-0.3, -0.25) is 10.1 Å². The van der Waals surface area contributed by atoms with Crippen LogP contribution < -0.4 is 5.32 Å². The molecule has 2 heterocycles. The number of hydrogen-bond acceptors (Lipinski definition) is 6. The van der Waals surface area contributed by atoms with Gasteiger partial charge in [0.05, 0.1) is 0 Å². The molecule has 5 nitrogen and oxygen atoms in total. The summed E-state index contributed by atoms with van der Waals surface area (Å²) >= 11 is 7.95. The quantitative estimate of drug-likeness (QED) is 0.899. The summed E-state index contributed by atoms with van der Waals surface area (Å²) in [6, 6.07) is 0. The third kappa shape index (κ3) is 2.49. The van der Waals surface area contributed by atoms with Gasteiger partial charge in [0, 0.05) is 16.9 Å². The Morgan fingerprint density at radius 1 is 1.53 bits per heavy atom. The number of thiazole rings is 1. The number of carbonyl (C=O) groups excluding carboxylic acids is 1. The van der Waals surface area contributed by atoms with E-state index in [9.17, 15) is 4.79 Å². The van der Waals surface area contributed by atoms with Crippen molar-refractivity contribution in [3.05, 3.63) is 21.4 Å². The molecule has 8 heteroatoms. The standard InChI is InChI=1S/C7H5ClN4OS2/c1-3-9-7(15-12-3)11-5(13)4-2-14-6(8)10-4/h2H,1H3,(H,9,11,12,13). The van der Waals surface area contributed by atoms with Gasteiger partial charge < -0.3 is 0 Å². The molecule has 2 aromatic heterocycles. The largest absolute Gasteiger partial charge is 0.295 e. The minimum atomic E-state index is -0.325. The molecule has 0 bridgehead atoms. The van der Waals surface area contributed by atoms with Crippen LogP contribution in [-0.4, -0.2) is 20.2 Å². The Morgan fingerprint density at radius 2 is 2.33 bits per heavy atom. The van der Waals surface area contributed by atoms with Gasteiger partial charge in [-0.2, -0.15) is 4.37 Å². The van der Waals surface area contributed by atoms with Gasteiger partial charge in [0.2, 0.25) is 5.13 Å². The summed E-state index contributed by atoms with van der Waals surface area (Å²) in [5, 5.41) is 4.63. The van der Waals surface area contributed by atoms with Crippen LogP contribution in [0.5, 0.6) is 0 Å². The smallest absolute Gasteiger partial charge is 0.277 e. The Morgan fingerprint density at radius 3 is 2.87 bits per heavy atom. The van der Waals surface area contributed by atoms with Crippen molar-refractivity contribution in [1.82, 2.24) is 14.3 Å². The van der Waals surface area contributed by atoms with Gasteiger partial charge >= 0.3 is 0 Å². The molecule has 2 rings (SSSR count). The van der Waals surface area contributed by atoms with Crippen molar-refractivity contribution in [1.29, 1.82) is 0 Å². The molecule has 0 aliphatic heterocycles. The first-order valence-corrected chi connectivity index (χ1v) is 5.91. The summed E-state index contributed by atoms with van der Waals surface area (Å²) in [5.74, 6) is 0.306. The van der Waals surface area contributed by atoms with Crippen molar-refractivity contribution in [3.8, 4) is 0 Å². The molecule has 1 amide bonds. The molecule has 0 aromatic carbocycles. The number of anilines is 1. The fraction of sp³-hybridized carbons (Fsp3) is 0.143. The van der Waals surface area contributed by atoms with E-state index in [4.69, 9.17) is 11.6 Å². The summed E-state index contributed by atoms with van der Waals surface area (Å²) in [6.45, 7) is 1.76. The van der Waals surface area contributed by atoms with Crippen LogP contribution in [0.2, 0.25) is 4.47 Å². The van der Waals surface area contributed by atoms with Gasteiger partial charge in [0.25, 0.3) is 5.91 Å². The molecule has 0 unspecified atom stereocenters. The summed E-state index contributed by atoms with van der Waals surface area (Å²) in [4.78, 5) is 19.4. The van der Waals surface area contributed by atoms with Crippen molar-refractivity contribution in [2.45, 2.75) is 6.92 Å². The van der Waals surface area contributed by atoms with Gasteiger partial charge in [0.15, 0.2) is 4.47 Å². The number of nitrogens with one attached hydrogen (secondary N) is 1. The van der Waals surface area contributed by atoms with Crippen LogP contribution in [0, 0.1) is 6.92 Å². The van der Waals surface area contributed by atoms with E-state index in [1.54, 1.807) is 12.3 Å². The van der Waals surface area contributed by atoms with Crippen LogP contribution in [0.25, 0.3) is 0 Å². The Bertz CT molecular complexity index is 495. The van der Waals surface area contributed by atoms with Gasteiger partial charge in [-0.15, -0.1) is 11.3 Å². The lowest BCUT2D eigenvalue weighted by Gasteiger charge is -1.95. The maximum atomic E-state index is 11.5. The topological polar surface area (TPSA) is 67.8 Å². The second-order valence-electron chi connectivity index (χ2n) is 2.59. The molecular formula is C7H5ClN4OS2. The van der Waals surface area contributed by atoms with E-state index in [1.807, 2.05) is 0 Å². The number of aryl methyl sites for hydroxylation is 1. The van der Waals surface area contributed by atoms with Gasteiger partial charge in [0.1, 0.15) is 11.5 Å². The molecule has 0 atom stereocenters. The molecule has 0 aliphatic carbocycles. The van der Waals surface area contributed by atoms with Crippen LogP contribution in [0.3, 0.4) is 0 Å². The second-order valence-corrected chi connectivity index (χ2v) is 4.78. The minimum absolute atomic E-state index is 0.290. The average molecular weight is 261 g/mol. The SMILES string of the molecule is Cc1nsc(NC(=O)c2csc(Cl)n2)n1. The highest BCUT2D eigenvalue weighted by atomic mass is 35.5. The van der Waals surface area contributed by atoms with E-state index in [2.05, 4.69) is 19.7 Å². The Kier molecular flexibility index (Phi) is 2.94. The van der Waals surface area contributed by atoms with E-state index in [-0.39, 0.29) is 11.6 Å². The lowest BCUT2D eigenvalue weighted by molar-refractivity contribution is 0.102. The third-order valence-corrected chi connectivity index (χ3v) is 3.16. The van der Waals surface area contributed by atoms with Gasteiger partial charge in [-0.05, 0) is 6.92 Å². The molecule has 78 valence electrons. The zero-order chi connectivity index (χ0) is 10.8. The Balaban J connectivity index is 2.10. The molecule has 1 N–H and O–H groups in total. The molecule has 2 aromatic rings. The fourth-order valence-electron chi connectivity index (χ4n) is 0.865. The third-order valence-electron chi connectivity index (χ3n) is 1.46. The van der Waals surface area contributed by atoms with Crippen molar-refractivity contribution < 1.29 is 4.79 Å². The minimum Gasteiger partial charge on any atom is -0.295 e. The summed E-state index contributed by atoms with van der Waals surface area (Å²) in [6.07, 6.45) is 0. The Hall–Kier alpha value is -1.05. The highest BCUT2D eigenvalue weighted by Gasteiger charge is 2.11. The van der Waals surface area contributed by atoms with Crippen molar-refractivity contribution in [2.24, 2.45) is 0 Å². The lowest BCUT2D eigenvalue weighted by atomic mass is 10.5. The van der Waals surface area contributed by atoms with Crippen LogP contribution in [0.4, 0.5) is 5.13 Å². The average Bonchev–Trinajstić information content (AvgIpc) is 2.75. The van der Waals surface area contributed by atoms with Crippen molar-refractivity contribution in [2.75, 3.05) is 5.32 Å². The molecule has 0 saturated carbocycles. The van der Waals surface area contributed by atoms with Gasteiger partial charge in [-0.1, -0.05) is 11.6 Å². The number of aromatic nitrogens is 3. The van der Waals surface area contributed by atoms with Crippen LogP contribution in [0.15, 0.2) is 5.38 Å². The highest BCUT2D eigenvalue weighted by molar-refractivity contribution is 7.14. The second kappa shape index (κ2) is 4.21. The fourth-order valence-corrected chi connectivity index (χ4v) is 2.18. The van der Waals surface area contributed by atoms with Crippen molar-refractivity contribution >= 4 is 45.5 Å². The summed E-state index contributed by atoms with van der Waals surface area (Å²) < 4.78 is 4.28. The molecular weight excluding hydrogens is 256 g/mol. The van der Waals surface area contributed by atoms with E-state index in [0.29, 0.717) is 15.4 Å². The predicted octanol–water partition coefficient (Wildman–Crippen LogP) is 2.21. The normalized spacial score (nSPS) is 10.3. The molecule has 0 radical (unpaired) electrons. The number of amides is 1. The van der Waals surface area contributed by atoms with E-state index < -0.39 is 0 Å². The molecule has 15 heavy (non-hydrogen) atoms.